The normalized spacial score (nSPS) is 21.6. The van der Waals surface area contributed by atoms with Crippen LogP contribution in [0.25, 0.3) is 0 Å². The number of aromatic nitrogens is 2. The fourth-order valence-corrected chi connectivity index (χ4v) is 3.42. The molecule has 0 aromatic carbocycles. The second-order valence-corrected chi connectivity index (χ2v) is 5.52. The van der Waals surface area contributed by atoms with Gasteiger partial charge in [0.05, 0.1) is 17.8 Å². The second kappa shape index (κ2) is 5.85. The molecule has 1 saturated heterocycles. The van der Waals surface area contributed by atoms with E-state index >= 15 is 0 Å². The van der Waals surface area contributed by atoms with E-state index in [1.54, 1.807) is 0 Å². The Morgan fingerprint density at radius 3 is 2.71 bits per heavy atom. The van der Waals surface area contributed by atoms with Crippen LogP contribution < -0.4 is 5.32 Å². The number of rotatable bonds is 4. The molecule has 110 valence electrons. The number of hydrogen-bond acceptors (Lipinski definition) is 2. The maximum Gasteiger partial charge on any atom is 0.170 e. The third-order valence-electron chi connectivity index (χ3n) is 4.05. The van der Waals surface area contributed by atoms with E-state index in [2.05, 4.69) is 58.0 Å². The van der Waals surface area contributed by atoms with Crippen molar-refractivity contribution >= 4 is 17.3 Å². The van der Waals surface area contributed by atoms with Gasteiger partial charge >= 0.3 is 0 Å². The number of thiocarbonyl (C=S) groups is 1. The summed E-state index contributed by atoms with van der Waals surface area (Å²) in [6, 6.07) is 10.6. The maximum atomic E-state index is 5.52. The van der Waals surface area contributed by atoms with E-state index in [1.165, 1.54) is 5.69 Å². The van der Waals surface area contributed by atoms with E-state index in [-0.39, 0.29) is 12.1 Å². The zero-order valence-corrected chi connectivity index (χ0v) is 13.2. The monoisotopic (exact) mass is 300 g/mol. The summed E-state index contributed by atoms with van der Waals surface area (Å²) < 4.78 is 2.28. The van der Waals surface area contributed by atoms with E-state index in [1.807, 2.05) is 18.3 Å². The topological polar surface area (TPSA) is 33.1 Å². The molecule has 0 unspecified atom stereocenters. The zero-order chi connectivity index (χ0) is 14.8. The molecule has 2 atom stereocenters. The Bertz CT molecular complexity index is 622. The van der Waals surface area contributed by atoms with E-state index < -0.39 is 0 Å². The number of nitrogens with zero attached hydrogens (tertiary/aromatic N) is 3. The SMILES string of the molecule is CCN1C(=S)N[C@H](c2ccccn2)[C@H]1c1cccn1CC. The summed E-state index contributed by atoms with van der Waals surface area (Å²) >= 11 is 5.52. The highest BCUT2D eigenvalue weighted by Gasteiger charge is 2.40. The number of pyridine rings is 1. The Hall–Kier alpha value is -1.88. The van der Waals surface area contributed by atoms with Gasteiger partial charge in [0.15, 0.2) is 5.11 Å². The lowest BCUT2D eigenvalue weighted by atomic mass is 10.0. The van der Waals surface area contributed by atoms with Crippen LogP contribution in [0.3, 0.4) is 0 Å². The molecule has 2 aromatic heterocycles. The number of nitrogens with one attached hydrogen (secondary N) is 1. The van der Waals surface area contributed by atoms with E-state index in [4.69, 9.17) is 12.2 Å². The standard InChI is InChI=1S/C16H20N4S/c1-3-19-11-7-9-13(19)15-14(12-8-5-6-10-17-12)18-16(21)20(15)4-2/h5-11,14-15H,3-4H2,1-2H3,(H,18,21)/t14-,15-/m1/s1. The third kappa shape index (κ3) is 2.42. The minimum atomic E-state index is 0.0962. The Kier molecular flexibility index (Phi) is 3.92. The summed E-state index contributed by atoms with van der Waals surface area (Å²) in [6.07, 6.45) is 3.96. The van der Waals surface area contributed by atoms with Crippen LogP contribution in [-0.4, -0.2) is 26.1 Å². The van der Waals surface area contributed by atoms with Crippen molar-refractivity contribution in [3.8, 4) is 0 Å². The molecular formula is C16H20N4S. The Balaban J connectivity index is 2.05. The van der Waals surface area contributed by atoms with Crippen molar-refractivity contribution < 1.29 is 0 Å². The molecule has 1 fully saturated rings. The molecule has 3 heterocycles. The molecule has 1 aliphatic rings. The molecule has 0 bridgehead atoms. The van der Waals surface area contributed by atoms with Gasteiger partial charge in [0, 0.05) is 31.2 Å². The summed E-state index contributed by atoms with van der Waals surface area (Å²) in [5, 5.41) is 4.25. The highest BCUT2D eigenvalue weighted by molar-refractivity contribution is 7.80. The van der Waals surface area contributed by atoms with Crippen LogP contribution in [0.1, 0.15) is 37.3 Å². The first-order chi connectivity index (χ1) is 10.3. The number of likely N-dealkylation sites (N-methyl/N-ethyl adjacent to an activating group) is 1. The van der Waals surface area contributed by atoms with Crippen LogP contribution in [0.15, 0.2) is 42.7 Å². The van der Waals surface area contributed by atoms with Crippen molar-refractivity contribution in [1.82, 2.24) is 19.8 Å². The molecule has 21 heavy (non-hydrogen) atoms. The van der Waals surface area contributed by atoms with Crippen LogP contribution in [0.4, 0.5) is 0 Å². The minimum absolute atomic E-state index is 0.0962. The highest BCUT2D eigenvalue weighted by atomic mass is 32.1. The van der Waals surface area contributed by atoms with Gasteiger partial charge in [-0.05, 0) is 50.3 Å². The average Bonchev–Trinajstić information content (AvgIpc) is 3.11. The van der Waals surface area contributed by atoms with Gasteiger partial charge in [-0.2, -0.15) is 0 Å². The smallest absolute Gasteiger partial charge is 0.170 e. The molecule has 0 saturated carbocycles. The Labute approximate surface area is 130 Å². The highest BCUT2D eigenvalue weighted by Crippen LogP contribution is 2.38. The van der Waals surface area contributed by atoms with Crippen molar-refractivity contribution in [3.05, 3.63) is 54.1 Å². The van der Waals surface area contributed by atoms with E-state index in [0.717, 1.165) is 23.9 Å². The van der Waals surface area contributed by atoms with Crippen LogP contribution in [0.2, 0.25) is 0 Å². The molecule has 0 spiro atoms. The summed E-state index contributed by atoms with van der Waals surface area (Å²) in [5.74, 6) is 0. The summed E-state index contributed by atoms with van der Waals surface area (Å²) in [5.41, 5.74) is 2.31. The molecule has 3 rings (SSSR count). The van der Waals surface area contributed by atoms with Crippen molar-refractivity contribution in [3.63, 3.8) is 0 Å². The average molecular weight is 300 g/mol. The molecular weight excluding hydrogens is 280 g/mol. The number of aryl methyl sites for hydroxylation is 1. The lowest BCUT2D eigenvalue weighted by molar-refractivity contribution is 0.315. The third-order valence-corrected chi connectivity index (χ3v) is 4.40. The lowest BCUT2D eigenvalue weighted by Crippen LogP contribution is -2.30. The maximum absolute atomic E-state index is 5.52. The molecule has 1 N–H and O–H groups in total. The quantitative estimate of drug-likeness (QED) is 0.880. The van der Waals surface area contributed by atoms with Crippen molar-refractivity contribution in [1.29, 1.82) is 0 Å². The first kappa shape index (κ1) is 14.1. The molecule has 2 aromatic rings. The first-order valence-corrected chi connectivity index (χ1v) is 7.80. The second-order valence-electron chi connectivity index (χ2n) is 5.13. The molecule has 0 radical (unpaired) electrons. The summed E-state index contributed by atoms with van der Waals surface area (Å²) in [7, 11) is 0. The lowest BCUT2D eigenvalue weighted by Gasteiger charge is -2.27. The van der Waals surface area contributed by atoms with Crippen LogP contribution >= 0.6 is 12.2 Å². The van der Waals surface area contributed by atoms with Gasteiger partial charge in [-0.15, -0.1) is 0 Å². The first-order valence-electron chi connectivity index (χ1n) is 7.39. The van der Waals surface area contributed by atoms with Crippen LogP contribution in [-0.2, 0) is 6.54 Å². The molecule has 4 nitrogen and oxygen atoms in total. The predicted octanol–water partition coefficient (Wildman–Crippen LogP) is 2.90. The fraction of sp³-hybridized carbons (Fsp3) is 0.375. The van der Waals surface area contributed by atoms with E-state index in [9.17, 15) is 0 Å². The van der Waals surface area contributed by atoms with Gasteiger partial charge in [0.2, 0.25) is 0 Å². The summed E-state index contributed by atoms with van der Waals surface area (Å²) in [4.78, 5) is 6.77. The summed E-state index contributed by atoms with van der Waals surface area (Å²) in [6.45, 7) is 6.14. The fourth-order valence-electron chi connectivity index (χ4n) is 3.05. The van der Waals surface area contributed by atoms with E-state index in [0.29, 0.717) is 0 Å². The van der Waals surface area contributed by atoms with Gasteiger partial charge in [0.25, 0.3) is 0 Å². The van der Waals surface area contributed by atoms with Gasteiger partial charge in [-0.25, -0.2) is 0 Å². The molecule has 1 aliphatic heterocycles. The van der Waals surface area contributed by atoms with Gasteiger partial charge < -0.3 is 14.8 Å². The van der Waals surface area contributed by atoms with Crippen LogP contribution in [0, 0.1) is 0 Å². The zero-order valence-electron chi connectivity index (χ0n) is 12.4. The Morgan fingerprint density at radius 2 is 2.05 bits per heavy atom. The van der Waals surface area contributed by atoms with Gasteiger partial charge in [-0.1, -0.05) is 6.07 Å². The number of hydrogen-bond donors (Lipinski definition) is 1. The largest absolute Gasteiger partial charge is 0.352 e. The van der Waals surface area contributed by atoms with Gasteiger partial charge in [0.1, 0.15) is 0 Å². The van der Waals surface area contributed by atoms with Gasteiger partial charge in [-0.3, -0.25) is 4.98 Å². The van der Waals surface area contributed by atoms with Crippen molar-refractivity contribution in [2.24, 2.45) is 0 Å². The molecule has 0 amide bonds. The van der Waals surface area contributed by atoms with Crippen LogP contribution in [0.5, 0.6) is 0 Å². The predicted molar refractivity (Wildman–Crippen MR) is 87.9 cm³/mol. The van der Waals surface area contributed by atoms with Crippen molar-refractivity contribution in [2.75, 3.05) is 6.54 Å². The minimum Gasteiger partial charge on any atom is -0.352 e. The molecule has 0 aliphatic carbocycles. The molecule has 5 heteroatoms. The van der Waals surface area contributed by atoms with Crippen molar-refractivity contribution in [2.45, 2.75) is 32.5 Å². The Morgan fingerprint density at radius 1 is 1.19 bits per heavy atom.